The van der Waals surface area contributed by atoms with E-state index in [1.54, 1.807) is 21.3 Å². The Morgan fingerprint density at radius 1 is 1.08 bits per heavy atom. The number of carbonyl (C=O) groups excluding carboxylic acids is 1. The number of nitrogens with zero attached hydrogens (tertiary/aromatic N) is 1. The van der Waals surface area contributed by atoms with Gasteiger partial charge in [0.05, 0.1) is 26.9 Å². The highest BCUT2D eigenvalue weighted by atomic mass is 16.5. The first kappa shape index (κ1) is 18.3. The predicted molar refractivity (Wildman–Crippen MR) is 99.7 cm³/mol. The Bertz CT molecular complexity index is 774. The Balaban J connectivity index is 1.86. The Hall–Kier alpha value is -2.53. The number of carbonyl (C=O) groups is 1. The molecule has 1 aliphatic rings. The molecule has 5 heteroatoms. The summed E-state index contributed by atoms with van der Waals surface area (Å²) >= 11 is 0. The maximum absolute atomic E-state index is 13.1. The molecule has 1 atom stereocenters. The van der Waals surface area contributed by atoms with Gasteiger partial charge in [-0.25, -0.2) is 0 Å². The first-order chi connectivity index (χ1) is 12.7. The molecule has 1 amide bonds. The van der Waals surface area contributed by atoms with Gasteiger partial charge in [0.1, 0.15) is 0 Å². The largest absolute Gasteiger partial charge is 0.493 e. The fraction of sp³-hybridized carbons (Fsp3) is 0.381. The Kier molecular flexibility index (Phi) is 5.78. The van der Waals surface area contributed by atoms with Crippen LogP contribution in [0.15, 0.2) is 42.5 Å². The number of hydrogen-bond donors (Lipinski definition) is 0. The Morgan fingerprint density at radius 3 is 2.62 bits per heavy atom. The first-order valence-electron chi connectivity index (χ1n) is 8.78. The van der Waals surface area contributed by atoms with Crippen molar-refractivity contribution in [3.8, 4) is 11.5 Å². The summed E-state index contributed by atoms with van der Waals surface area (Å²) in [4.78, 5) is 15.0. The molecule has 0 unspecified atom stereocenters. The predicted octanol–water partition coefficient (Wildman–Crippen LogP) is 3.83. The summed E-state index contributed by atoms with van der Waals surface area (Å²) in [6.07, 6.45) is 1.93. The highest BCUT2D eigenvalue weighted by Crippen LogP contribution is 2.37. The van der Waals surface area contributed by atoms with Crippen LogP contribution in [0, 0.1) is 0 Å². The topological polar surface area (TPSA) is 48.0 Å². The third kappa shape index (κ3) is 3.68. The first-order valence-corrected chi connectivity index (χ1v) is 8.78. The zero-order valence-corrected chi connectivity index (χ0v) is 15.5. The SMILES string of the molecule is COCc1cccc(C(=O)N2CCC[C@H]2c2ccc(OC)c(OC)c2)c1. The van der Waals surface area contributed by atoms with Crippen LogP contribution >= 0.6 is 0 Å². The van der Waals surface area contributed by atoms with Gasteiger partial charge in [-0.2, -0.15) is 0 Å². The minimum absolute atomic E-state index is 0.0494. The normalized spacial score (nSPS) is 16.6. The average Bonchev–Trinajstić information content (AvgIpc) is 3.17. The van der Waals surface area contributed by atoms with Crippen molar-refractivity contribution < 1.29 is 19.0 Å². The van der Waals surface area contributed by atoms with Gasteiger partial charge in [0.15, 0.2) is 11.5 Å². The van der Waals surface area contributed by atoms with Crippen molar-refractivity contribution in [2.24, 2.45) is 0 Å². The zero-order chi connectivity index (χ0) is 18.5. The molecule has 1 heterocycles. The molecule has 1 saturated heterocycles. The molecule has 2 aromatic carbocycles. The van der Waals surface area contributed by atoms with Crippen molar-refractivity contribution in [3.05, 3.63) is 59.2 Å². The molecule has 138 valence electrons. The zero-order valence-electron chi connectivity index (χ0n) is 15.5. The molecule has 0 radical (unpaired) electrons. The highest BCUT2D eigenvalue weighted by molar-refractivity contribution is 5.94. The summed E-state index contributed by atoms with van der Waals surface area (Å²) < 4.78 is 15.9. The lowest BCUT2D eigenvalue weighted by Gasteiger charge is -2.26. The van der Waals surface area contributed by atoms with E-state index in [9.17, 15) is 4.79 Å². The summed E-state index contributed by atoms with van der Waals surface area (Å²) in [5, 5.41) is 0. The highest BCUT2D eigenvalue weighted by Gasteiger charge is 2.31. The van der Waals surface area contributed by atoms with Crippen LogP contribution in [-0.4, -0.2) is 38.7 Å². The molecule has 2 aromatic rings. The van der Waals surface area contributed by atoms with E-state index < -0.39 is 0 Å². The lowest BCUT2D eigenvalue weighted by atomic mass is 10.0. The van der Waals surface area contributed by atoms with E-state index in [1.165, 1.54) is 0 Å². The molecule has 26 heavy (non-hydrogen) atoms. The van der Waals surface area contributed by atoms with Crippen LogP contribution in [0.5, 0.6) is 11.5 Å². The quantitative estimate of drug-likeness (QED) is 0.790. The minimum Gasteiger partial charge on any atom is -0.493 e. The van der Waals surface area contributed by atoms with Crippen LogP contribution in [0.3, 0.4) is 0 Å². The van der Waals surface area contributed by atoms with E-state index in [4.69, 9.17) is 14.2 Å². The van der Waals surface area contributed by atoms with Gasteiger partial charge in [0.25, 0.3) is 5.91 Å². The fourth-order valence-electron chi connectivity index (χ4n) is 3.54. The monoisotopic (exact) mass is 355 g/mol. The lowest BCUT2D eigenvalue weighted by Crippen LogP contribution is -2.30. The molecule has 0 aliphatic carbocycles. The minimum atomic E-state index is 0.0494. The van der Waals surface area contributed by atoms with Crippen LogP contribution in [0.1, 0.15) is 40.4 Å². The number of hydrogen-bond acceptors (Lipinski definition) is 4. The van der Waals surface area contributed by atoms with Crippen molar-refractivity contribution in [2.75, 3.05) is 27.9 Å². The number of amides is 1. The van der Waals surface area contributed by atoms with Gasteiger partial charge in [-0.15, -0.1) is 0 Å². The second-order valence-corrected chi connectivity index (χ2v) is 6.40. The molecule has 0 N–H and O–H groups in total. The molecule has 0 saturated carbocycles. The molecule has 0 aromatic heterocycles. The van der Waals surface area contributed by atoms with Crippen LogP contribution in [0.25, 0.3) is 0 Å². The van der Waals surface area contributed by atoms with E-state index in [0.29, 0.717) is 23.7 Å². The molecule has 1 fully saturated rings. The summed E-state index contributed by atoms with van der Waals surface area (Å²) in [5.74, 6) is 1.44. The average molecular weight is 355 g/mol. The van der Waals surface area contributed by atoms with Crippen LogP contribution < -0.4 is 9.47 Å². The fourth-order valence-corrected chi connectivity index (χ4v) is 3.54. The Labute approximate surface area is 154 Å². The summed E-state index contributed by atoms with van der Waals surface area (Å²) in [5.41, 5.74) is 2.77. The van der Waals surface area contributed by atoms with Gasteiger partial charge in [-0.3, -0.25) is 4.79 Å². The van der Waals surface area contributed by atoms with E-state index in [0.717, 1.165) is 30.5 Å². The third-order valence-corrected chi connectivity index (χ3v) is 4.79. The van der Waals surface area contributed by atoms with Crippen LogP contribution in [-0.2, 0) is 11.3 Å². The number of ether oxygens (including phenoxy) is 3. The second-order valence-electron chi connectivity index (χ2n) is 6.40. The molecule has 0 spiro atoms. The maximum Gasteiger partial charge on any atom is 0.254 e. The van der Waals surface area contributed by atoms with E-state index in [-0.39, 0.29) is 11.9 Å². The standard InChI is InChI=1S/C21H25NO4/c1-24-14-15-6-4-7-17(12-15)21(23)22-11-5-8-18(22)16-9-10-19(25-2)20(13-16)26-3/h4,6-7,9-10,12-13,18H,5,8,11,14H2,1-3H3/t18-/m0/s1. The smallest absolute Gasteiger partial charge is 0.254 e. The summed E-state index contributed by atoms with van der Waals surface area (Å²) in [7, 11) is 4.90. The summed E-state index contributed by atoms with van der Waals surface area (Å²) in [6.45, 7) is 1.26. The maximum atomic E-state index is 13.1. The molecular weight excluding hydrogens is 330 g/mol. The second kappa shape index (κ2) is 8.23. The number of likely N-dealkylation sites (tertiary alicyclic amines) is 1. The molecular formula is C21H25NO4. The van der Waals surface area contributed by atoms with Gasteiger partial charge in [0.2, 0.25) is 0 Å². The van der Waals surface area contributed by atoms with Gasteiger partial charge in [0, 0.05) is 19.2 Å². The van der Waals surface area contributed by atoms with Gasteiger partial charge in [-0.05, 0) is 48.2 Å². The number of rotatable bonds is 6. The van der Waals surface area contributed by atoms with Gasteiger partial charge in [-0.1, -0.05) is 18.2 Å². The van der Waals surface area contributed by atoms with Crippen molar-refractivity contribution in [1.29, 1.82) is 0 Å². The van der Waals surface area contributed by atoms with Crippen molar-refractivity contribution >= 4 is 5.91 Å². The summed E-state index contributed by atoms with van der Waals surface area (Å²) in [6, 6.07) is 13.6. The van der Waals surface area contributed by atoms with Gasteiger partial charge >= 0.3 is 0 Å². The number of benzene rings is 2. The number of methoxy groups -OCH3 is 3. The van der Waals surface area contributed by atoms with E-state index >= 15 is 0 Å². The molecule has 3 rings (SSSR count). The van der Waals surface area contributed by atoms with Gasteiger partial charge < -0.3 is 19.1 Å². The van der Waals surface area contributed by atoms with Crippen molar-refractivity contribution in [2.45, 2.75) is 25.5 Å². The van der Waals surface area contributed by atoms with Crippen LogP contribution in [0.2, 0.25) is 0 Å². The Morgan fingerprint density at radius 2 is 1.88 bits per heavy atom. The third-order valence-electron chi connectivity index (χ3n) is 4.79. The van der Waals surface area contributed by atoms with Crippen LogP contribution in [0.4, 0.5) is 0 Å². The van der Waals surface area contributed by atoms with E-state index in [1.807, 2.05) is 47.4 Å². The van der Waals surface area contributed by atoms with E-state index in [2.05, 4.69) is 0 Å². The van der Waals surface area contributed by atoms with Crippen molar-refractivity contribution in [1.82, 2.24) is 4.90 Å². The molecule has 1 aliphatic heterocycles. The van der Waals surface area contributed by atoms with Crippen molar-refractivity contribution in [3.63, 3.8) is 0 Å². The lowest BCUT2D eigenvalue weighted by molar-refractivity contribution is 0.0735. The molecule has 0 bridgehead atoms. The molecule has 5 nitrogen and oxygen atoms in total.